The number of allylic oxidation sites excluding steroid dienone is 1. The van der Waals surface area contributed by atoms with Gasteiger partial charge in [-0.15, -0.1) is 0 Å². The maximum Gasteiger partial charge on any atom is 0.221 e. The Morgan fingerprint density at radius 3 is 2.57 bits per heavy atom. The second kappa shape index (κ2) is 7.09. The Hall–Kier alpha value is -1.94. The Bertz CT molecular complexity index is 586. The first-order valence-corrected chi connectivity index (χ1v) is 8.53. The highest BCUT2D eigenvalue weighted by Crippen LogP contribution is 2.31. The molecular weight excluding hydrogens is 286 g/mol. The van der Waals surface area contributed by atoms with Gasteiger partial charge in [0.1, 0.15) is 5.66 Å². The van der Waals surface area contributed by atoms with Crippen LogP contribution < -0.4 is 5.32 Å². The summed E-state index contributed by atoms with van der Waals surface area (Å²) in [4.78, 5) is 18.4. The van der Waals surface area contributed by atoms with Gasteiger partial charge in [-0.05, 0) is 55.5 Å². The lowest BCUT2D eigenvalue weighted by atomic mass is 9.96. The minimum Gasteiger partial charge on any atom is -0.326 e. The number of piperidine rings is 1. The van der Waals surface area contributed by atoms with E-state index in [1.54, 1.807) is 0 Å². The molecule has 1 saturated heterocycles. The fourth-order valence-electron chi connectivity index (χ4n) is 3.47. The van der Waals surface area contributed by atoms with Gasteiger partial charge >= 0.3 is 0 Å². The van der Waals surface area contributed by atoms with Crippen LogP contribution >= 0.6 is 0 Å². The summed E-state index contributed by atoms with van der Waals surface area (Å²) in [7, 11) is 0. The van der Waals surface area contributed by atoms with Crippen molar-refractivity contribution in [2.24, 2.45) is 4.99 Å². The van der Waals surface area contributed by atoms with Crippen molar-refractivity contribution in [2.75, 3.05) is 18.4 Å². The summed E-state index contributed by atoms with van der Waals surface area (Å²) in [6, 6.07) is 8.13. The standard InChI is InChI=1S/C19H25N3O/c1-16(23)21-18-8-6-17(7-9-18)10-12-19(11-5-13-20-19)22-14-3-2-4-15-22/h5-9,11,13H,2-4,10,12,14-15H2,1H3,(H,21,23). The molecule has 0 radical (unpaired) electrons. The molecule has 3 rings (SSSR count). The van der Waals surface area contributed by atoms with Crippen molar-refractivity contribution >= 4 is 17.8 Å². The molecule has 122 valence electrons. The minimum atomic E-state index is -0.142. The number of carbonyl (C=O) groups excluding carboxylic acids is 1. The van der Waals surface area contributed by atoms with Gasteiger partial charge in [-0.3, -0.25) is 14.7 Å². The molecule has 1 aromatic rings. The number of carbonyl (C=O) groups is 1. The van der Waals surface area contributed by atoms with Gasteiger partial charge < -0.3 is 5.32 Å². The number of aliphatic imine (C=N–C) groups is 1. The normalized spacial score (nSPS) is 24.0. The molecule has 4 nitrogen and oxygen atoms in total. The zero-order chi connectivity index (χ0) is 16.1. The fourth-order valence-corrected chi connectivity index (χ4v) is 3.47. The summed E-state index contributed by atoms with van der Waals surface area (Å²) < 4.78 is 0. The van der Waals surface area contributed by atoms with E-state index < -0.39 is 0 Å². The lowest BCUT2D eigenvalue weighted by molar-refractivity contribution is -0.114. The van der Waals surface area contributed by atoms with Crippen LogP contribution in [0.1, 0.15) is 38.2 Å². The topological polar surface area (TPSA) is 44.7 Å². The molecule has 1 fully saturated rings. The average molecular weight is 311 g/mol. The van der Waals surface area contributed by atoms with Gasteiger partial charge in [0.05, 0.1) is 0 Å². The van der Waals surface area contributed by atoms with Crippen molar-refractivity contribution in [3.8, 4) is 0 Å². The van der Waals surface area contributed by atoms with E-state index >= 15 is 0 Å². The first kappa shape index (κ1) is 15.9. The number of nitrogens with zero attached hydrogens (tertiary/aromatic N) is 2. The summed E-state index contributed by atoms with van der Waals surface area (Å²) in [5.74, 6) is -0.0350. The molecule has 1 aromatic carbocycles. The molecule has 0 saturated carbocycles. The van der Waals surface area contributed by atoms with E-state index in [0.717, 1.165) is 31.6 Å². The SMILES string of the molecule is CC(=O)Nc1ccc(CCC2(N3CCCCC3)C=CC=N2)cc1. The highest BCUT2D eigenvalue weighted by atomic mass is 16.1. The Morgan fingerprint density at radius 1 is 1.22 bits per heavy atom. The van der Waals surface area contributed by atoms with E-state index in [2.05, 4.69) is 34.5 Å². The van der Waals surface area contributed by atoms with Gasteiger partial charge in [0, 0.05) is 31.9 Å². The molecule has 1 amide bonds. The Kier molecular flexibility index (Phi) is 4.91. The smallest absolute Gasteiger partial charge is 0.221 e. The Balaban J connectivity index is 1.64. The van der Waals surface area contributed by atoms with Crippen LogP contribution in [0.15, 0.2) is 41.4 Å². The van der Waals surface area contributed by atoms with E-state index in [1.807, 2.05) is 18.3 Å². The maximum absolute atomic E-state index is 11.1. The molecule has 0 bridgehead atoms. The quantitative estimate of drug-likeness (QED) is 0.906. The third-order valence-corrected chi connectivity index (χ3v) is 4.71. The van der Waals surface area contributed by atoms with Gasteiger partial charge in [0.25, 0.3) is 0 Å². The minimum absolute atomic E-state index is 0.0350. The predicted octanol–water partition coefficient (Wildman–Crippen LogP) is 3.40. The lowest BCUT2D eigenvalue weighted by Gasteiger charge is -2.40. The molecule has 4 heteroatoms. The molecule has 2 aliphatic rings. The molecule has 2 heterocycles. The molecule has 1 atom stereocenters. The summed E-state index contributed by atoms with van der Waals surface area (Å²) in [6.45, 7) is 3.81. The van der Waals surface area contributed by atoms with Crippen molar-refractivity contribution in [3.05, 3.63) is 42.0 Å². The van der Waals surface area contributed by atoms with Crippen LogP contribution in [0.4, 0.5) is 5.69 Å². The maximum atomic E-state index is 11.1. The second-order valence-corrected chi connectivity index (χ2v) is 6.44. The van der Waals surface area contributed by atoms with E-state index in [9.17, 15) is 4.79 Å². The number of benzene rings is 1. The molecule has 0 spiro atoms. The molecule has 23 heavy (non-hydrogen) atoms. The zero-order valence-electron chi connectivity index (χ0n) is 13.8. The van der Waals surface area contributed by atoms with Crippen LogP contribution in [-0.2, 0) is 11.2 Å². The second-order valence-electron chi connectivity index (χ2n) is 6.44. The van der Waals surface area contributed by atoms with Crippen LogP contribution in [0, 0.1) is 0 Å². The van der Waals surface area contributed by atoms with Crippen molar-refractivity contribution in [2.45, 2.75) is 44.7 Å². The predicted molar refractivity (Wildman–Crippen MR) is 94.9 cm³/mol. The number of amides is 1. The van der Waals surface area contributed by atoms with Gasteiger partial charge in [-0.1, -0.05) is 18.6 Å². The Morgan fingerprint density at radius 2 is 1.96 bits per heavy atom. The van der Waals surface area contributed by atoms with Gasteiger partial charge in [-0.25, -0.2) is 0 Å². The molecule has 0 aromatic heterocycles. The number of nitrogens with one attached hydrogen (secondary N) is 1. The first-order valence-electron chi connectivity index (χ1n) is 8.53. The van der Waals surface area contributed by atoms with E-state index in [1.165, 1.54) is 31.7 Å². The molecule has 0 aliphatic carbocycles. The largest absolute Gasteiger partial charge is 0.326 e. The van der Waals surface area contributed by atoms with Gasteiger partial charge in [0.15, 0.2) is 0 Å². The number of aryl methyl sites for hydroxylation is 1. The highest BCUT2D eigenvalue weighted by molar-refractivity contribution is 5.88. The molecule has 2 aliphatic heterocycles. The number of hydrogen-bond acceptors (Lipinski definition) is 3. The van der Waals surface area contributed by atoms with Gasteiger partial charge in [-0.2, -0.15) is 0 Å². The van der Waals surface area contributed by atoms with Crippen LogP contribution in [0.25, 0.3) is 0 Å². The number of likely N-dealkylation sites (tertiary alicyclic amines) is 1. The van der Waals surface area contributed by atoms with Crippen LogP contribution in [0.2, 0.25) is 0 Å². The average Bonchev–Trinajstić information content (AvgIpc) is 3.05. The number of anilines is 1. The van der Waals surface area contributed by atoms with Gasteiger partial charge in [0.2, 0.25) is 5.91 Å². The van der Waals surface area contributed by atoms with E-state index in [-0.39, 0.29) is 11.6 Å². The third-order valence-electron chi connectivity index (χ3n) is 4.71. The fraction of sp³-hybridized carbons (Fsp3) is 0.474. The van der Waals surface area contributed by atoms with Crippen molar-refractivity contribution < 1.29 is 4.79 Å². The van der Waals surface area contributed by atoms with E-state index in [4.69, 9.17) is 4.99 Å². The molecule has 1 N–H and O–H groups in total. The summed E-state index contributed by atoms with van der Waals surface area (Å²) >= 11 is 0. The Labute approximate surface area is 138 Å². The van der Waals surface area contributed by atoms with Crippen LogP contribution in [-0.4, -0.2) is 35.8 Å². The highest BCUT2D eigenvalue weighted by Gasteiger charge is 2.35. The van der Waals surface area contributed by atoms with E-state index in [0.29, 0.717) is 0 Å². The summed E-state index contributed by atoms with van der Waals surface area (Å²) in [6.07, 6.45) is 12.1. The molecule has 1 unspecified atom stereocenters. The lowest BCUT2D eigenvalue weighted by Crippen LogP contribution is -2.48. The van der Waals surface area contributed by atoms with Crippen molar-refractivity contribution in [3.63, 3.8) is 0 Å². The third kappa shape index (κ3) is 3.88. The van der Waals surface area contributed by atoms with Crippen molar-refractivity contribution in [1.82, 2.24) is 4.90 Å². The first-order chi connectivity index (χ1) is 11.2. The number of hydrogen-bond donors (Lipinski definition) is 1. The summed E-state index contributed by atoms with van der Waals surface area (Å²) in [5.41, 5.74) is 1.99. The van der Waals surface area contributed by atoms with Crippen LogP contribution in [0.5, 0.6) is 0 Å². The molecular formula is C19H25N3O. The van der Waals surface area contributed by atoms with Crippen LogP contribution in [0.3, 0.4) is 0 Å². The number of rotatable bonds is 5. The monoisotopic (exact) mass is 311 g/mol. The zero-order valence-corrected chi connectivity index (χ0v) is 13.8. The summed E-state index contributed by atoms with van der Waals surface area (Å²) in [5, 5.41) is 2.81. The van der Waals surface area contributed by atoms with Crippen molar-refractivity contribution in [1.29, 1.82) is 0 Å².